The fourth-order valence-electron chi connectivity index (χ4n) is 3.16. The molecule has 0 saturated carbocycles. The Morgan fingerprint density at radius 3 is 2.40 bits per heavy atom. The first kappa shape index (κ1) is 16.2. The van der Waals surface area contributed by atoms with E-state index in [0.29, 0.717) is 5.41 Å². The Labute approximate surface area is 124 Å². The molecule has 2 heterocycles. The van der Waals surface area contributed by atoms with Crippen LogP contribution < -0.4 is 5.32 Å². The highest BCUT2D eigenvalue weighted by molar-refractivity contribution is 4.90. The zero-order valence-corrected chi connectivity index (χ0v) is 13.9. The van der Waals surface area contributed by atoms with E-state index in [1.54, 1.807) is 0 Å². The van der Waals surface area contributed by atoms with Gasteiger partial charge in [-0.25, -0.2) is 0 Å². The summed E-state index contributed by atoms with van der Waals surface area (Å²) in [5.74, 6) is 0. The molecule has 1 N–H and O–H groups in total. The summed E-state index contributed by atoms with van der Waals surface area (Å²) in [6.45, 7) is 15.7. The molecule has 0 spiro atoms. The Kier molecular flexibility index (Phi) is 5.46. The minimum Gasteiger partial charge on any atom is -0.381 e. The van der Waals surface area contributed by atoms with Crippen molar-refractivity contribution in [2.24, 2.45) is 5.41 Å². The van der Waals surface area contributed by atoms with Gasteiger partial charge < -0.3 is 19.9 Å². The van der Waals surface area contributed by atoms with E-state index in [-0.39, 0.29) is 5.54 Å². The molecule has 2 aliphatic heterocycles. The smallest absolute Gasteiger partial charge is 0.0546 e. The summed E-state index contributed by atoms with van der Waals surface area (Å²) in [6.07, 6.45) is 2.50. The van der Waals surface area contributed by atoms with Crippen LogP contribution >= 0.6 is 0 Å². The van der Waals surface area contributed by atoms with Gasteiger partial charge in [-0.3, -0.25) is 0 Å². The Morgan fingerprint density at radius 2 is 1.85 bits per heavy atom. The molecule has 0 bridgehead atoms. The van der Waals surface area contributed by atoms with Crippen LogP contribution in [0.15, 0.2) is 0 Å². The fourth-order valence-corrected chi connectivity index (χ4v) is 3.16. The van der Waals surface area contributed by atoms with Crippen LogP contribution in [-0.2, 0) is 4.74 Å². The minimum atomic E-state index is 0.187. The van der Waals surface area contributed by atoms with E-state index in [1.807, 2.05) is 0 Å². The van der Waals surface area contributed by atoms with Crippen LogP contribution in [-0.4, -0.2) is 74.9 Å². The van der Waals surface area contributed by atoms with E-state index in [2.05, 4.69) is 42.9 Å². The summed E-state index contributed by atoms with van der Waals surface area (Å²) in [5.41, 5.74) is 0.494. The van der Waals surface area contributed by atoms with Crippen LogP contribution in [0.5, 0.6) is 0 Å². The van der Waals surface area contributed by atoms with Gasteiger partial charge in [0.2, 0.25) is 0 Å². The second kappa shape index (κ2) is 6.73. The second-order valence-electron chi connectivity index (χ2n) is 7.84. The monoisotopic (exact) mass is 283 g/mol. The first-order valence-electron chi connectivity index (χ1n) is 8.12. The SMILES string of the molecule is CN1CCN(CC2(CNC(C)(C)C)CCCOC2)CC1. The Bertz CT molecular complexity index is 287. The molecular formula is C16H33N3O. The van der Waals surface area contributed by atoms with Gasteiger partial charge in [-0.1, -0.05) is 0 Å². The molecule has 1 atom stereocenters. The van der Waals surface area contributed by atoms with Gasteiger partial charge in [0.1, 0.15) is 0 Å². The molecule has 0 aliphatic carbocycles. The zero-order valence-electron chi connectivity index (χ0n) is 13.9. The Morgan fingerprint density at radius 1 is 1.15 bits per heavy atom. The first-order valence-corrected chi connectivity index (χ1v) is 8.12. The average molecular weight is 283 g/mol. The molecule has 0 aromatic heterocycles. The molecule has 20 heavy (non-hydrogen) atoms. The Balaban J connectivity index is 1.92. The van der Waals surface area contributed by atoms with Gasteiger partial charge in [-0.05, 0) is 40.7 Å². The molecule has 2 saturated heterocycles. The highest BCUT2D eigenvalue weighted by atomic mass is 16.5. The van der Waals surface area contributed by atoms with Crippen molar-refractivity contribution in [2.45, 2.75) is 39.2 Å². The molecule has 2 aliphatic rings. The van der Waals surface area contributed by atoms with Gasteiger partial charge in [0, 0.05) is 56.8 Å². The molecule has 4 nitrogen and oxygen atoms in total. The van der Waals surface area contributed by atoms with E-state index < -0.39 is 0 Å². The van der Waals surface area contributed by atoms with Crippen LogP contribution in [0.2, 0.25) is 0 Å². The van der Waals surface area contributed by atoms with Gasteiger partial charge in [-0.15, -0.1) is 0 Å². The zero-order chi connectivity index (χ0) is 14.6. The van der Waals surface area contributed by atoms with Crippen molar-refractivity contribution in [3.8, 4) is 0 Å². The number of hydrogen-bond donors (Lipinski definition) is 1. The van der Waals surface area contributed by atoms with Crippen molar-refractivity contribution in [1.29, 1.82) is 0 Å². The van der Waals surface area contributed by atoms with E-state index in [1.165, 1.54) is 45.6 Å². The molecule has 2 rings (SSSR count). The molecule has 0 radical (unpaired) electrons. The van der Waals surface area contributed by atoms with Gasteiger partial charge in [0.05, 0.1) is 6.61 Å². The lowest BCUT2D eigenvalue weighted by molar-refractivity contribution is -0.0342. The Hall–Kier alpha value is -0.160. The van der Waals surface area contributed by atoms with Crippen LogP contribution in [0.25, 0.3) is 0 Å². The number of hydrogen-bond acceptors (Lipinski definition) is 4. The van der Waals surface area contributed by atoms with Crippen LogP contribution in [0, 0.1) is 5.41 Å². The van der Waals surface area contributed by atoms with Crippen molar-refractivity contribution < 1.29 is 4.74 Å². The third kappa shape index (κ3) is 4.99. The van der Waals surface area contributed by atoms with Crippen molar-refractivity contribution in [2.75, 3.05) is 59.5 Å². The van der Waals surface area contributed by atoms with E-state index in [4.69, 9.17) is 4.74 Å². The fraction of sp³-hybridized carbons (Fsp3) is 1.00. The van der Waals surface area contributed by atoms with Crippen LogP contribution in [0.4, 0.5) is 0 Å². The number of ether oxygens (including phenoxy) is 1. The molecule has 0 aromatic carbocycles. The lowest BCUT2D eigenvalue weighted by Crippen LogP contribution is -2.55. The van der Waals surface area contributed by atoms with Gasteiger partial charge in [0.25, 0.3) is 0 Å². The number of rotatable bonds is 4. The largest absolute Gasteiger partial charge is 0.381 e. The standard InChI is InChI=1S/C16H33N3O/c1-15(2,3)17-12-16(6-5-11-20-14-16)13-19-9-7-18(4)8-10-19/h17H,5-14H2,1-4H3. The van der Waals surface area contributed by atoms with Gasteiger partial charge in [0.15, 0.2) is 0 Å². The summed E-state index contributed by atoms with van der Waals surface area (Å²) < 4.78 is 5.84. The number of nitrogens with zero attached hydrogens (tertiary/aromatic N) is 2. The number of piperazine rings is 1. The summed E-state index contributed by atoms with van der Waals surface area (Å²) in [7, 11) is 2.22. The number of nitrogens with one attached hydrogen (secondary N) is 1. The highest BCUT2D eigenvalue weighted by Crippen LogP contribution is 2.30. The van der Waals surface area contributed by atoms with Gasteiger partial charge in [-0.2, -0.15) is 0 Å². The first-order chi connectivity index (χ1) is 9.39. The van der Waals surface area contributed by atoms with E-state index in [9.17, 15) is 0 Å². The molecule has 1 unspecified atom stereocenters. The maximum absolute atomic E-state index is 5.84. The predicted octanol–water partition coefficient (Wildman–Crippen LogP) is 1.42. The summed E-state index contributed by atoms with van der Waals surface area (Å²) in [6, 6.07) is 0. The lowest BCUT2D eigenvalue weighted by Gasteiger charge is -2.44. The van der Waals surface area contributed by atoms with Crippen molar-refractivity contribution in [3.05, 3.63) is 0 Å². The van der Waals surface area contributed by atoms with E-state index >= 15 is 0 Å². The quantitative estimate of drug-likeness (QED) is 0.844. The maximum atomic E-state index is 5.84. The predicted molar refractivity (Wildman–Crippen MR) is 84.2 cm³/mol. The molecule has 0 amide bonds. The third-order valence-corrected chi connectivity index (χ3v) is 4.55. The average Bonchev–Trinajstić information content (AvgIpc) is 2.40. The van der Waals surface area contributed by atoms with Crippen LogP contribution in [0.1, 0.15) is 33.6 Å². The molecule has 0 aromatic rings. The second-order valence-corrected chi connectivity index (χ2v) is 7.84. The van der Waals surface area contributed by atoms with Gasteiger partial charge >= 0.3 is 0 Å². The lowest BCUT2D eigenvalue weighted by atomic mass is 9.81. The maximum Gasteiger partial charge on any atom is 0.0546 e. The third-order valence-electron chi connectivity index (χ3n) is 4.55. The molecule has 118 valence electrons. The summed E-state index contributed by atoms with van der Waals surface area (Å²) >= 11 is 0. The molecular weight excluding hydrogens is 250 g/mol. The van der Waals surface area contributed by atoms with Crippen LogP contribution in [0.3, 0.4) is 0 Å². The summed E-state index contributed by atoms with van der Waals surface area (Å²) in [4.78, 5) is 5.06. The van der Waals surface area contributed by atoms with Crippen molar-refractivity contribution in [3.63, 3.8) is 0 Å². The highest BCUT2D eigenvalue weighted by Gasteiger charge is 2.36. The molecule has 2 fully saturated rings. The normalized spacial score (nSPS) is 30.6. The molecule has 4 heteroatoms. The minimum absolute atomic E-state index is 0.187. The summed E-state index contributed by atoms with van der Waals surface area (Å²) in [5, 5.41) is 3.71. The van der Waals surface area contributed by atoms with Crippen molar-refractivity contribution in [1.82, 2.24) is 15.1 Å². The topological polar surface area (TPSA) is 27.7 Å². The van der Waals surface area contributed by atoms with E-state index in [0.717, 1.165) is 19.8 Å². The number of likely N-dealkylation sites (N-methyl/N-ethyl adjacent to an activating group) is 1. The van der Waals surface area contributed by atoms with Crippen molar-refractivity contribution >= 4 is 0 Å².